The van der Waals surface area contributed by atoms with E-state index in [0.29, 0.717) is 11.1 Å². The molecule has 5 heteroatoms. The second-order valence-corrected chi connectivity index (χ2v) is 5.57. The molecule has 0 bridgehead atoms. The Hall–Kier alpha value is -3.88. The Bertz CT molecular complexity index is 917. The topological polar surface area (TPSA) is 100 Å². The van der Waals surface area contributed by atoms with E-state index >= 15 is 0 Å². The van der Waals surface area contributed by atoms with Crippen molar-refractivity contribution in [1.29, 1.82) is 15.8 Å². The third-order valence-corrected chi connectivity index (χ3v) is 4.41. The summed E-state index contributed by atoms with van der Waals surface area (Å²) in [5.74, 6) is -1.42. The SMILES string of the molecule is N#CC(C#N)=C1NC(=O)C(c2ccccc2)(c2ccccc2)C1C#N. The number of amides is 1. The lowest BCUT2D eigenvalue weighted by Crippen LogP contribution is -2.40. The fraction of sp³-hybridized carbons (Fsp3) is 0.100. The molecule has 25 heavy (non-hydrogen) atoms. The Kier molecular flexibility index (Phi) is 4.04. The lowest BCUT2D eigenvalue weighted by atomic mass is 9.66. The third kappa shape index (κ3) is 2.26. The highest BCUT2D eigenvalue weighted by Gasteiger charge is 2.56. The zero-order chi connectivity index (χ0) is 17.9. The van der Waals surface area contributed by atoms with Crippen molar-refractivity contribution in [2.75, 3.05) is 0 Å². The van der Waals surface area contributed by atoms with Crippen LogP contribution in [-0.2, 0) is 10.2 Å². The van der Waals surface area contributed by atoms with Gasteiger partial charge in [0.25, 0.3) is 0 Å². The summed E-state index contributed by atoms with van der Waals surface area (Å²) in [6.07, 6.45) is 0. The molecule has 2 aromatic carbocycles. The van der Waals surface area contributed by atoms with Crippen LogP contribution in [0.15, 0.2) is 71.9 Å². The van der Waals surface area contributed by atoms with E-state index in [9.17, 15) is 20.6 Å². The molecule has 1 saturated heterocycles. The van der Waals surface area contributed by atoms with Crippen LogP contribution in [-0.4, -0.2) is 5.91 Å². The van der Waals surface area contributed by atoms with E-state index in [-0.39, 0.29) is 11.3 Å². The molecule has 1 fully saturated rings. The van der Waals surface area contributed by atoms with Gasteiger partial charge in [-0.3, -0.25) is 4.79 Å². The first-order valence-electron chi connectivity index (χ1n) is 7.56. The minimum atomic E-state index is -1.31. The van der Waals surface area contributed by atoms with Crippen LogP contribution in [0.3, 0.4) is 0 Å². The van der Waals surface area contributed by atoms with Crippen LogP contribution >= 0.6 is 0 Å². The largest absolute Gasteiger partial charge is 0.325 e. The highest BCUT2D eigenvalue weighted by Crippen LogP contribution is 2.46. The number of carbonyl (C=O) groups excluding carboxylic acids is 1. The summed E-state index contributed by atoms with van der Waals surface area (Å²) < 4.78 is 0. The van der Waals surface area contributed by atoms with Crippen LogP contribution in [0.5, 0.6) is 0 Å². The molecule has 1 aliphatic rings. The number of benzene rings is 2. The molecule has 3 rings (SSSR count). The Balaban J connectivity index is 2.39. The van der Waals surface area contributed by atoms with Gasteiger partial charge in [-0.15, -0.1) is 0 Å². The predicted octanol–water partition coefficient (Wildman–Crippen LogP) is 2.54. The molecule has 1 aliphatic heterocycles. The average Bonchev–Trinajstić information content (AvgIpc) is 2.97. The van der Waals surface area contributed by atoms with Crippen molar-refractivity contribution in [2.45, 2.75) is 5.41 Å². The van der Waals surface area contributed by atoms with Crippen LogP contribution in [0, 0.1) is 39.9 Å². The van der Waals surface area contributed by atoms with Crippen LogP contribution in [0.4, 0.5) is 0 Å². The van der Waals surface area contributed by atoms with Crippen LogP contribution < -0.4 is 5.32 Å². The smallest absolute Gasteiger partial charge is 0.241 e. The summed E-state index contributed by atoms with van der Waals surface area (Å²) in [6, 6.07) is 23.6. The molecule has 0 aliphatic carbocycles. The number of nitrogens with zero attached hydrogens (tertiary/aromatic N) is 3. The van der Waals surface area contributed by atoms with Gasteiger partial charge in [-0.2, -0.15) is 15.8 Å². The second kappa shape index (κ2) is 6.32. The number of carbonyl (C=O) groups is 1. The number of rotatable bonds is 2. The van der Waals surface area contributed by atoms with E-state index in [1.807, 2.05) is 12.1 Å². The predicted molar refractivity (Wildman–Crippen MR) is 89.2 cm³/mol. The van der Waals surface area contributed by atoms with E-state index in [1.165, 1.54) is 0 Å². The molecule has 1 heterocycles. The van der Waals surface area contributed by atoms with Crippen LogP contribution in [0.1, 0.15) is 11.1 Å². The maximum atomic E-state index is 13.1. The number of hydrogen-bond donors (Lipinski definition) is 1. The second-order valence-electron chi connectivity index (χ2n) is 5.57. The lowest BCUT2D eigenvalue weighted by molar-refractivity contribution is -0.123. The van der Waals surface area contributed by atoms with Gasteiger partial charge >= 0.3 is 0 Å². The summed E-state index contributed by atoms with van der Waals surface area (Å²) >= 11 is 0. The lowest BCUT2D eigenvalue weighted by Gasteiger charge is -2.30. The zero-order valence-corrected chi connectivity index (χ0v) is 13.1. The first kappa shape index (κ1) is 16.0. The normalized spacial score (nSPS) is 17.7. The van der Waals surface area contributed by atoms with Gasteiger partial charge in [0.1, 0.15) is 29.0 Å². The Labute approximate surface area is 145 Å². The van der Waals surface area contributed by atoms with Gasteiger partial charge in [-0.25, -0.2) is 0 Å². The Morgan fingerprint density at radius 1 is 0.880 bits per heavy atom. The van der Waals surface area contributed by atoms with E-state index in [4.69, 9.17) is 0 Å². The third-order valence-electron chi connectivity index (χ3n) is 4.41. The van der Waals surface area contributed by atoms with E-state index in [1.54, 1.807) is 60.7 Å². The standard InChI is InChI=1S/C20H12N4O/c21-11-14(12-22)18-17(13-23)20(19(25)24-18,15-7-3-1-4-8-15)16-9-5-2-6-10-16/h1-10,17H,(H,24,25). The summed E-state index contributed by atoms with van der Waals surface area (Å²) in [5.41, 5.74) is -0.240. The van der Waals surface area contributed by atoms with Crippen molar-refractivity contribution in [2.24, 2.45) is 5.92 Å². The fourth-order valence-electron chi connectivity index (χ4n) is 3.32. The van der Waals surface area contributed by atoms with Gasteiger partial charge in [0.15, 0.2) is 0 Å². The molecule has 118 valence electrons. The van der Waals surface area contributed by atoms with Gasteiger partial charge in [-0.05, 0) is 11.1 Å². The van der Waals surface area contributed by atoms with Gasteiger partial charge in [0.2, 0.25) is 5.91 Å². The molecule has 0 radical (unpaired) electrons. The number of hydrogen-bond acceptors (Lipinski definition) is 4. The minimum Gasteiger partial charge on any atom is -0.325 e. The summed E-state index contributed by atoms with van der Waals surface area (Å²) in [5, 5.41) is 30.9. The van der Waals surface area contributed by atoms with Gasteiger partial charge < -0.3 is 5.32 Å². The first-order chi connectivity index (χ1) is 12.2. The number of nitrogens with one attached hydrogen (secondary N) is 1. The highest BCUT2D eigenvalue weighted by atomic mass is 16.2. The molecular weight excluding hydrogens is 312 g/mol. The van der Waals surface area contributed by atoms with E-state index in [2.05, 4.69) is 11.4 Å². The van der Waals surface area contributed by atoms with Gasteiger partial charge in [0, 0.05) is 0 Å². The van der Waals surface area contributed by atoms with Crippen molar-refractivity contribution in [3.05, 3.63) is 83.1 Å². The molecule has 1 amide bonds. The van der Waals surface area contributed by atoms with Crippen molar-refractivity contribution in [1.82, 2.24) is 5.32 Å². The fourth-order valence-corrected chi connectivity index (χ4v) is 3.32. The molecule has 5 nitrogen and oxygen atoms in total. The maximum absolute atomic E-state index is 13.1. The molecule has 0 saturated carbocycles. The molecule has 0 aromatic heterocycles. The van der Waals surface area contributed by atoms with E-state index < -0.39 is 17.2 Å². The van der Waals surface area contributed by atoms with Gasteiger partial charge in [-0.1, -0.05) is 60.7 Å². The minimum absolute atomic E-state index is 0.0604. The van der Waals surface area contributed by atoms with Crippen LogP contribution in [0.2, 0.25) is 0 Å². The molecule has 1 unspecified atom stereocenters. The van der Waals surface area contributed by atoms with Crippen molar-refractivity contribution < 1.29 is 4.79 Å². The quantitative estimate of drug-likeness (QED) is 0.858. The molecule has 1 N–H and O–H groups in total. The Morgan fingerprint density at radius 2 is 1.36 bits per heavy atom. The molecular formula is C20H12N4O. The average molecular weight is 324 g/mol. The maximum Gasteiger partial charge on any atom is 0.241 e. The molecule has 2 aromatic rings. The van der Waals surface area contributed by atoms with Crippen molar-refractivity contribution in [3.63, 3.8) is 0 Å². The monoisotopic (exact) mass is 324 g/mol. The van der Waals surface area contributed by atoms with Crippen molar-refractivity contribution in [3.8, 4) is 18.2 Å². The summed E-state index contributed by atoms with van der Waals surface area (Å²) in [7, 11) is 0. The number of nitriles is 3. The van der Waals surface area contributed by atoms with Crippen molar-refractivity contribution >= 4 is 5.91 Å². The summed E-state index contributed by atoms with van der Waals surface area (Å²) in [6.45, 7) is 0. The summed E-state index contributed by atoms with van der Waals surface area (Å²) in [4.78, 5) is 13.1. The molecule has 1 atom stereocenters. The Morgan fingerprint density at radius 3 is 1.76 bits per heavy atom. The molecule has 0 spiro atoms. The zero-order valence-electron chi connectivity index (χ0n) is 13.1. The van der Waals surface area contributed by atoms with Gasteiger partial charge in [0.05, 0.1) is 11.8 Å². The highest BCUT2D eigenvalue weighted by molar-refractivity contribution is 5.98. The van der Waals surface area contributed by atoms with Crippen LogP contribution in [0.25, 0.3) is 0 Å². The number of allylic oxidation sites excluding steroid dienone is 2. The first-order valence-corrected chi connectivity index (χ1v) is 7.56. The van der Waals surface area contributed by atoms with E-state index in [0.717, 1.165) is 0 Å².